The van der Waals surface area contributed by atoms with Crippen molar-refractivity contribution in [1.29, 1.82) is 0 Å². The number of thioether (sulfide) groups is 2. The zero-order valence-electron chi connectivity index (χ0n) is 38.2. The normalized spacial score (nSPS) is 21.1. The summed E-state index contributed by atoms with van der Waals surface area (Å²) in [7, 11) is 0. The molecule has 4 atom stereocenters. The van der Waals surface area contributed by atoms with E-state index in [0.717, 1.165) is 12.5 Å². The molecule has 4 aromatic rings. The van der Waals surface area contributed by atoms with Crippen LogP contribution in [-0.4, -0.2) is 18.5 Å². The highest BCUT2D eigenvalue weighted by Crippen LogP contribution is 2.49. The van der Waals surface area contributed by atoms with Crippen molar-refractivity contribution in [1.82, 2.24) is 0 Å². The molecular formula is C58H75N2S2+. The molecule has 2 nitrogen and oxygen atoms in total. The summed E-state index contributed by atoms with van der Waals surface area (Å²) in [5, 5.41) is 2.02. The molecule has 4 heteroatoms. The van der Waals surface area contributed by atoms with Gasteiger partial charge in [0.25, 0.3) is 0 Å². The largest absolute Gasteiger partial charge is 0.335 e. The molecule has 4 unspecified atom stereocenters. The van der Waals surface area contributed by atoms with Gasteiger partial charge in [0.2, 0.25) is 0 Å². The lowest BCUT2D eigenvalue weighted by Crippen LogP contribution is -3.09. The summed E-state index contributed by atoms with van der Waals surface area (Å²) in [6, 6.07) is 36.5. The van der Waals surface area contributed by atoms with E-state index in [2.05, 4.69) is 146 Å². The number of nitrogens with zero attached hydrogens (tertiary/aromatic N) is 1. The van der Waals surface area contributed by atoms with Crippen LogP contribution in [0.3, 0.4) is 0 Å². The number of unbranched alkanes of at least 4 members (excludes halogenated alkanes) is 14. The Morgan fingerprint density at radius 2 is 1.23 bits per heavy atom. The zero-order chi connectivity index (χ0) is 42.4. The summed E-state index contributed by atoms with van der Waals surface area (Å²) in [4.78, 5) is 7.33. The number of rotatable bonds is 23. The van der Waals surface area contributed by atoms with E-state index in [1.807, 2.05) is 11.8 Å². The van der Waals surface area contributed by atoms with Crippen LogP contribution in [0.15, 0.2) is 141 Å². The number of hydrogen-bond donors (Lipinski definition) is 1. The number of benzene rings is 4. The van der Waals surface area contributed by atoms with Gasteiger partial charge in [-0.3, -0.25) is 4.90 Å². The average molecular weight is 864 g/mol. The first-order chi connectivity index (χ1) is 30.7. The SMILES string of the molecule is CCCCCCCCCCN1/C(=C/C2=CC3=CC(CC4Sc5cc(-c6ccccc6)ccc5[NH+]4CCCCCCCCCC)CCC3CC2)Sc2cc(-c3ccccc3)ccc21. The maximum atomic E-state index is 2.75. The fraction of sp³-hybridized carbons (Fsp3) is 0.483. The van der Waals surface area contributed by atoms with Gasteiger partial charge < -0.3 is 4.90 Å². The molecule has 0 bridgehead atoms. The summed E-state index contributed by atoms with van der Waals surface area (Å²) in [6.45, 7) is 7.00. The molecule has 0 saturated heterocycles. The van der Waals surface area contributed by atoms with E-state index in [9.17, 15) is 0 Å². The highest BCUT2D eigenvalue weighted by Gasteiger charge is 2.38. The number of anilines is 1. The van der Waals surface area contributed by atoms with Gasteiger partial charge in [0.1, 0.15) is 11.1 Å². The molecule has 62 heavy (non-hydrogen) atoms. The van der Waals surface area contributed by atoms with Crippen LogP contribution in [0.4, 0.5) is 11.4 Å². The van der Waals surface area contributed by atoms with Crippen molar-refractivity contribution >= 4 is 34.9 Å². The van der Waals surface area contributed by atoms with Gasteiger partial charge in [0.15, 0.2) is 0 Å². The molecule has 2 aliphatic heterocycles. The third-order valence-corrected chi connectivity index (χ3v) is 16.7. The predicted octanol–water partition coefficient (Wildman–Crippen LogP) is 16.8. The maximum absolute atomic E-state index is 2.75. The van der Waals surface area contributed by atoms with Gasteiger partial charge in [-0.05, 0) is 121 Å². The second kappa shape index (κ2) is 23.5. The molecule has 2 heterocycles. The second-order valence-corrected chi connectivity index (χ2v) is 21.2. The fourth-order valence-corrected chi connectivity index (χ4v) is 13.4. The second-order valence-electron chi connectivity index (χ2n) is 18.9. The molecule has 4 aliphatic rings. The number of allylic oxidation sites excluding steroid dienone is 5. The summed E-state index contributed by atoms with van der Waals surface area (Å²) in [5.41, 5.74) is 11.4. The van der Waals surface area contributed by atoms with Gasteiger partial charge in [-0.25, -0.2) is 0 Å². The molecule has 0 spiro atoms. The van der Waals surface area contributed by atoms with Gasteiger partial charge in [0.05, 0.1) is 22.2 Å². The highest BCUT2D eigenvalue weighted by molar-refractivity contribution is 8.03. The van der Waals surface area contributed by atoms with E-state index in [1.54, 1.807) is 16.2 Å². The molecule has 0 saturated carbocycles. The smallest absolute Gasteiger partial charge is 0.146 e. The molecule has 0 aromatic heterocycles. The highest BCUT2D eigenvalue weighted by atomic mass is 32.2. The summed E-state index contributed by atoms with van der Waals surface area (Å²) >= 11 is 4.19. The Labute approximate surface area is 385 Å². The minimum atomic E-state index is 0.590. The lowest BCUT2D eigenvalue weighted by atomic mass is 9.75. The Morgan fingerprint density at radius 1 is 0.613 bits per heavy atom. The molecule has 0 amide bonds. The zero-order valence-corrected chi connectivity index (χ0v) is 39.9. The van der Waals surface area contributed by atoms with E-state index in [-0.39, 0.29) is 0 Å². The number of hydrogen-bond acceptors (Lipinski definition) is 3. The van der Waals surface area contributed by atoms with E-state index >= 15 is 0 Å². The Kier molecular flexibility index (Phi) is 17.1. The van der Waals surface area contributed by atoms with Gasteiger partial charge in [-0.2, -0.15) is 0 Å². The van der Waals surface area contributed by atoms with Crippen molar-refractivity contribution in [3.05, 3.63) is 131 Å². The maximum Gasteiger partial charge on any atom is 0.146 e. The quantitative estimate of drug-likeness (QED) is 0.0744. The van der Waals surface area contributed by atoms with Gasteiger partial charge in [-0.15, -0.1) is 0 Å². The lowest BCUT2D eigenvalue weighted by Gasteiger charge is -2.32. The Morgan fingerprint density at radius 3 is 1.90 bits per heavy atom. The van der Waals surface area contributed by atoms with Crippen molar-refractivity contribution in [3.8, 4) is 22.3 Å². The average Bonchev–Trinajstić information content (AvgIpc) is 3.83. The number of fused-ring (bicyclic) bond motifs is 3. The van der Waals surface area contributed by atoms with E-state index in [1.165, 1.54) is 190 Å². The molecule has 1 N–H and O–H groups in total. The molecule has 4 aromatic carbocycles. The lowest BCUT2D eigenvalue weighted by molar-refractivity contribution is -0.843. The third-order valence-electron chi connectivity index (χ3n) is 14.2. The first-order valence-corrected chi connectivity index (χ1v) is 26.9. The Bertz CT molecular complexity index is 2100. The fourth-order valence-electron chi connectivity index (χ4n) is 10.6. The van der Waals surface area contributed by atoms with Gasteiger partial charge >= 0.3 is 0 Å². The van der Waals surface area contributed by atoms with Crippen LogP contribution in [-0.2, 0) is 0 Å². The predicted molar refractivity (Wildman–Crippen MR) is 272 cm³/mol. The first kappa shape index (κ1) is 45.1. The van der Waals surface area contributed by atoms with Crippen molar-refractivity contribution < 1.29 is 4.90 Å². The van der Waals surface area contributed by atoms with Gasteiger partial charge in [-0.1, -0.05) is 200 Å². The van der Waals surface area contributed by atoms with Crippen molar-refractivity contribution in [2.45, 2.75) is 164 Å². The van der Waals surface area contributed by atoms with E-state index in [0.29, 0.717) is 11.3 Å². The molecule has 0 fully saturated rings. The number of quaternary nitrogens is 1. The Hall–Kier alpha value is -3.44. The first-order valence-electron chi connectivity index (χ1n) is 25.2. The van der Waals surface area contributed by atoms with Gasteiger partial charge in [0, 0.05) is 23.9 Å². The molecule has 2 aliphatic carbocycles. The third kappa shape index (κ3) is 12.0. The van der Waals surface area contributed by atoms with E-state index < -0.39 is 0 Å². The summed E-state index contributed by atoms with van der Waals surface area (Å²) in [6.07, 6.45) is 36.3. The number of nitrogens with one attached hydrogen (secondary N) is 1. The molecule has 8 rings (SSSR count). The Balaban J connectivity index is 0.965. The minimum absolute atomic E-state index is 0.590. The van der Waals surface area contributed by atoms with Crippen LogP contribution in [0.25, 0.3) is 22.3 Å². The monoisotopic (exact) mass is 864 g/mol. The molecule has 328 valence electrons. The van der Waals surface area contributed by atoms with Crippen molar-refractivity contribution in [2.75, 3.05) is 18.0 Å². The van der Waals surface area contributed by atoms with Crippen LogP contribution in [0.1, 0.15) is 149 Å². The molecular weight excluding hydrogens is 789 g/mol. The van der Waals surface area contributed by atoms with Crippen LogP contribution in [0, 0.1) is 11.8 Å². The molecule has 0 radical (unpaired) electrons. The standard InChI is InChI=1S/C58H74N2S2/c1-3-5-7-9-11-13-15-23-37-59-53-35-33-50(47-25-19-17-20-26-47)43-55(53)61-57(59)41-45-29-31-49-32-30-46(40-52(49)39-45)42-58-60(38-24-16-14-12-10-8-6-4-2)54-36-34-51(44-56(54)62-58)48-27-21-18-22-28-48/h17-22,25-28,33-36,39-41,43-44,46,49,58H,3-16,23-24,29-32,37-38,42H2,1-2H3/p+1/b57-41-. The van der Waals surface area contributed by atoms with Crippen LogP contribution in [0.5, 0.6) is 0 Å². The topological polar surface area (TPSA) is 7.68 Å². The minimum Gasteiger partial charge on any atom is -0.335 e. The van der Waals surface area contributed by atoms with Crippen molar-refractivity contribution in [2.24, 2.45) is 11.8 Å². The van der Waals surface area contributed by atoms with Crippen LogP contribution >= 0.6 is 23.5 Å². The van der Waals surface area contributed by atoms with Crippen LogP contribution < -0.4 is 9.80 Å². The van der Waals surface area contributed by atoms with E-state index in [4.69, 9.17) is 0 Å². The summed E-state index contributed by atoms with van der Waals surface area (Å²) < 4.78 is 0. The van der Waals surface area contributed by atoms with Crippen LogP contribution in [0.2, 0.25) is 0 Å². The summed E-state index contributed by atoms with van der Waals surface area (Å²) in [5.74, 6) is 1.38. The van der Waals surface area contributed by atoms with Crippen molar-refractivity contribution in [3.63, 3.8) is 0 Å².